The minimum atomic E-state index is -4.75. The monoisotopic (exact) mass is 445 g/mol. The third kappa shape index (κ3) is 5.16. The zero-order valence-electron chi connectivity index (χ0n) is 17.4. The minimum absolute atomic E-state index is 0.105. The van der Waals surface area contributed by atoms with Gasteiger partial charge in [0.25, 0.3) is 0 Å². The number of carbonyl (C=O) groups excluding carboxylic acids is 1. The van der Waals surface area contributed by atoms with Crippen LogP contribution < -0.4 is 4.74 Å². The fourth-order valence-electron chi connectivity index (χ4n) is 3.79. The number of pyridine rings is 1. The van der Waals surface area contributed by atoms with Crippen LogP contribution in [0.1, 0.15) is 46.1 Å². The highest BCUT2D eigenvalue weighted by Gasteiger charge is 2.31. The summed E-state index contributed by atoms with van der Waals surface area (Å²) in [5.41, 5.74) is 3.41. The van der Waals surface area contributed by atoms with Crippen LogP contribution in [0.25, 0.3) is 5.69 Å². The van der Waals surface area contributed by atoms with Gasteiger partial charge < -0.3 is 9.47 Å². The Balaban J connectivity index is 1.44. The topological polar surface area (TPSA) is 66.2 Å². The first kappa shape index (κ1) is 22.0. The Hall–Kier alpha value is -3.20. The third-order valence-corrected chi connectivity index (χ3v) is 5.48. The van der Waals surface area contributed by atoms with Gasteiger partial charge in [0.1, 0.15) is 5.75 Å². The summed E-state index contributed by atoms with van der Waals surface area (Å²) in [6, 6.07) is 9.21. The van der Waals surface area contributed by atoms with E-state index in [2.05, 4.69) is 14.8 Å². The van der Waals surface area contributed by atoms with Crippen LogP contribution in [-0.4, -0.2) is 40.1 Å². The number of rotatable bonds is 6. The maximum absolute atomic E-state index is 12.8. The van der Waals surface area contributed by atoms with E-state index < -0.39 is 6.36 Å². The molecule has 3 heterocycles. The number of halogens is 3. The lowest BCUT2D eigenvalue weighted by Crippen LogP contribution is -2.17. The molecule has 0 N–H and O–H groups in total. The van der Waals surface area contributed by atoms with Gasteiger partial charge in [0.15, 0.2) is 5.78 Å². The Kier molecular flexibility index (Phi) is 6.27. The zero-order chi connectivity index (χ0) is 22.7. The summed E-state index contributed by atoms with van der Waals surface area (Å²) in [5.74, 6) is -0.0349. The molecule has 1 aromatic carbocycles. The number of alkyl halides is 3. The second-order valence-corrected chi connectivity index (χ2v) is 7.68. The lowest BCUT2D eigenvalue weighted by atomic mass is 9.95. The number of hydrogen-bond acceptors (Lipinski definition) is 5. The van der Waals surface area contributed by atoms with E-state index in [1.54, 1.807) is 13.1 Å². The second-order valence-electron chi connectivity index (χ2n) is 7.68. The summed E-state index contributed by atoms with van der Waals surface area (Å²) < 4.78 is 47.8. The second kappa shape index (κ2) is 9.12. The fraction of sp³-hybridized carbons (Fsp3) is 0.348. The molecule has 9 heteroatoms. The molecule has 1 aliphatic heterocycles. The number of nitrogens with zero attached hydrogens (tertiary/aromatic N) is 3. The Bertz CT molecular complexity index is 1070. The summed E-state index contributed by atoms with van der Waals surface area (Å²) in [4.78, 5) is 17.4. The van der Waals surface area contributed by atoms with Gasteiger partial charge in [0.2, 0.25) is 0 Å². The predicted octanol–water partition coefficient (Wildman–Crippen LogP) is 4.79. The van der Waals surface area contributed by atoms with Gasteiger partial charge in [0, 0.05) is 37.4 Å². The molecule has 3 aromatic rings. The molecule has 0 aliphatic carbocycles. The molecule has 0 amide bonds. The normalized spacial score (nSPS) is 15.0. The van der Waals surface area contributed by atoms with Crippen molar-refractivity contribution in [2.45, 2.75) is 38.5 Å². The average molecular weight is 445 g/mol. The number of aromatic nitrogens is 3. The van der Waals surface area contributed by atoms with Gasteiger partial charge >= 0.3 is 6.36 Å². The summed E-state index contributed by atoms with van der Waals surface area (Å²) >= 11 is 0. The highest BCUT2D eigenvalue weighted by Crippen LogP contribution is 2.26. The minimum Gasteiger partial charge on any atom is -0.406 e. The molecule has 168 valence electrons. The summed E-state index contributed by atoms with van der Waals surface area (Å²) in [5, 5.41) is 4.23. The van der Waals surface area contributed by atoms with Crippen LogP contribution in [0.4, 0.5) is 13.2 Å². The van der Waals surface area contributed by atoms with Crippen molar-refractivity contribution in [3.8, 4) is 11.4 Å². The maximum atomic E-state index is 12.8. The highest BCUT2D eigenvalue weighted by molar-refractivity contribution is 5.98. The number of ether oxygens (including phenoxy) is 2. The third-order valence-electron chi connectivity index (χ3n) is 5.48. The van der Waals surface area contributed by atoms with E-state index in [1.165, 1.54) is 35.1 Å². The SMILES string of the molecule is Cc1c(C(=O)Cc2ccc(C3CCOCC3)nc2)cnn1-c1ccc(OC(F)(F)F)cc1. The quantitative estimate of drug-likeness (QED) is 0.511. The van der Waals surface area contributed by atoms with Crippen molar-refractivity contribution in [1.29, 1.82) is 0 Å². The van der Waals surface area contributed by atoms with Crippen molar-refractivity contribution in [2.75, 3.05) is 13.2 Å². The van der Waals surface area contributed by atoms with Crippen molar-refractivity contribution >= 4 is 5.78 Å². The van der Waals surface area contributed by atoms with E-state index in [4.69, 9.17) is 4.74 Å². The van der Waals surface area contributed by atoms with E-state index in [0.717, 1.165) is 37.3 Å². The Morgan fingerprint density at radius 2 is 1.84 bits per heavy atom. The van der Waals surface area contributed by atoms with Crippen LogP contribution in [0.5, 0.6) is 5.75 Å². The van der Waals surface area contributed by atoms with E-state index in [9.17, 15) is 18.0 Å². The lowest BCUT2D eigenvalue weighted by molar-refractivity contribution is -0.274. The molecule has 4 rings (SSSR count). The zero-order valence-corrected chi connectivity index (χ0v) is 17.4. The molecule has 0 saturated carbocycles. The number of hydrogen-bond donors (Lipinski definition) is 0. The van der Waals surface area contributed by atoms with E-state index in [1.807, 2.05) is 12.1 Å². The van der Waals surface area contributed by atoms with Crippen LogP contribution in [-0.2, 0) is 11.2 Å². The maximum Gasteiger partial charge on any atom is 0.573 e. The fourth-order valence-corrected chi connectivity index (χ4v) is 3.79. The first-order valence-electron chi connectivity index (χ1n) is 10.3. The van der Waals surface area contributed by atoms with Crippen LogP contribution in [0.2, 0.25) is 0 Å². The van der Waals surface area contributed by atoms with E-state index >= 15 is 0 Å². The van der Waals surface area contributed by atoms with Crippen molar-refractivity contribution < 1.29 is 27.4 Å². The van der Waals surface area contributed by atoms with Crippen LogP contribution in [0, 0.1) is 6.92 Å². The molecule has 0 unspecified atom stereocenters. The first-order valence-corrected chi connectivity index (χ1v) is 10.3. The van der Waals surface area contributed by atoms with E-state index in [0.29, 0.717) is 22.9 Å². The van der Waals surface area contributed by atoms with Crippen LogP contribution in [0.15, 0.2) is 48.8 Å². The Morgan fingerprint density at radius 3 is 2.47 bits per heavy atom. The van der Waals surface area contributed by atoms with Gasteiger partial charge in [-0.1, -0.05) is 6.07 Å². The molecule has 0 spiro atoms. The Morgan fingerprint density at radius 1 is 1.12 bits per heavy atom. The molecule has 1 saturated heterocycles. The standard InChI is InChI=1S/C23H22F3N3O3/c1-15-20(14-28-29(15)18-3-5-19(6-4-18)32-23(24,25)26)22(30)12-16-2-7-21(27-13-16)17-8-10-31-11-9-17/h2-7,13-14,17H,8-12H2,1H3. The molecule has 0 atom stereocenters. The number of Topliss-reactive ketones (excluding diaryl/α,β-unsaturated/α-hetero) is 1. The number of carbonyl (C=O) groups is 1. The summed E-state index contributed by atoms with van der Waals surface area (Å²) in [6.07, 6.45) is 0.552. The Labute approximate surface area is 183 Å². The molecular weight excluding hydrogens is 423 g/mol. The molecular formula is C23H22F3N3O3. The van der Waals surface area contributed by atoms with Crippen LogP contribution in [0.3, 0.4) is 0 Å². The van der Waals surface area contributed by atoms with Gasteiger partial charge in [-0.3, -0.25) is 9.78 Å². The molecule has 2 aromatic heterocycles. The molecule has 0 bridgehead atoms. The van der Waals surface area contributed by atoms with Crippen LogP contribution >= 0.6 is 0 Å². The smallest absolute Gasteiger partial charge is 0.406 e. The van der Waals surface area contributed by atoms with Gasteiger partial charge in [-0.25, -0.2) is 4.68 Å². The van der Waals surface area contributed by atoms with Gasteiger partial charge in [-0.2, -0.15) is 5.10 Å². The summed E-state index contributed by atoms with van der Waals surface area (Å²) in [6.45, 7) is 3.23. The number of ketones is 1. The van der Waals surface area contributed by atoms with E-state index in [-0.39, 0.29) is 18.0 Å². The molecule has 6 nitrogen and oxygen atoms in total. The van der Waals surface area contributed by atoms with Gasteiger partial charge in [0.05, 0.1) is 23.1 Å². The highest BCUT2D eigenvalue weighted by atomic mass is 19.4. The average Bonchev–Trinajstić information content (AvgIpc) is 3.16. The lowest BCUT2D eigenvalue weighted by Gasteiger charge is -2.21. The molecule has 1 fully saturated rings. The van der Waals surface area contributed by atoms with Crippen molar-refractivity contribution in [1.82, 2.24) is 14.8 Å². The largest absolute Gasteiger partial charge is 0.573 e. The van der Waals surface area contributed by atoms with Crippen molar-refractivity contribution in [3.63, 3.8) is 0 Å². The summed E-state index contributed by atoms with van der Waals surface area (Å²) in [7, 11) is 0. The number of benzene rings is 1. The molecule has 32 heavy (non-hydrogen) atoms. The van der Waals surface area contributed by atoms with Crippen molar-refractivity contribution in [2.24, 2.45) is 0 Å². The molecule has 1 aliphatic rings. The van der Waals surface area contributed by atoms with Gasteiger partial charge in [-0.15, -0.1) is 13.2 Å². The molecule has 0 radical (unpaired) electrons. The first-order chi connectivity index (χ1) is 15.3. The van der Waals surface area contributed by atoms with Crippen molar-refractivity contribution in [3.05, 3.63) is 71.3 Å². The van der Waals surface area contributed by atoms with Gasteiger partial charge in [-0.05, 0) is 55.7 Å². The predicted molar refractivity (Wildman–Crippen MR) is 110 cm³/mol.